The molecule has 2 saturated carbocycles. The molecular formula is C14H27N. The van der Waals surface area contributed by atoms with Crippen molar-refractivity contribution in [2.45, 2.75) is 64.2 Å². The molecule has 2 fully saturated rings. The first kappa shape index (κ1) is 11.4. The second-order valence-corrected chi connectivity index (χ2v) is 5.68. The van der Waals surface area contributed by atoms with Crippen molar-refractivity contribution in [3.8, 4) is 0 Å². The van der Waals surface area contributed by atoms with Gasteiger partial charge in [0.1, 0.15) is 0 Å². The van der Waals surface area contributed by atoms with Crippen LogP contribution in [0.2, 0.25) is 0 Å². The number of rotatable bonds is 4. The second-order valence-electron chi connectivity index (χ2n) is 5.68. The third kappa shape index (κ3) is 2.96. The Morgan fingerprint density at radius 1 is 0.800 bits per heavy atom. The monoisotopic (exact) mass is 209 g/mol. The Morgan fingerprint density at radius 3 is 1.73 bits per heavy atom. The molecule has 0 bridgehead atoms. The van der Waals surface area contributed by atoms with Crippen LogP contribution in [0.4, 0.5) is 0 Å². The fourth-order valence-electron chi connectivity index (χ4n) is 3.66. The van der Waals surface area contributed by atoms with Crippen LogP contribution >= 0.6 is 0 Å². The molecule has 0 aliphatic heterocycles. The van der Waals surface area contributed by atoms with E-state index in [1.807, 2.05) is 0 Å². The molecule has 1 nitrogen and oxygen atoms in total. The Bertz CT molecular complexity index is 166. The maximum Gasteiger partial charge on any atom is -0.00744 e. The van der Waals surface area contributed by atoms with Crippen LogP contribution in [0.3, 0.4) is 0 Å². The second kappa shape index (κ2) is 5.89. The predicted octanol–water partition coefficient (Wildman–Crippen LogP) is 3.72. The third-order valence-electron chi connectivity index (χ3n) is 4.76. The predicted molar refractivity (Wildman–Crippen MR) is 65.7 cm³/mol. The highest BCUT2D eigenvalue weighted by Crippen LogP contribution is 2.43. The number of hydrogen-bond acceptors (Lipinski definition) is 1. The van der Waals surface area contributed by atoms with Crippen LogP contribution in [0.25, 0.3) is 0 Å². The highest BCUT2D eigenvalue weighted by atomic mass is 14.5. The van der Waals surface area contributed by atoms with Crippen LogP contribution in [0, 0.1) is 17.8 Å². The molecule has 2 N–H and O–H groups in total. The van der Waals surface area contributed by atoms with E-state index in [4.69, 9.17) is 5.73 Å². The Balaban J connectivity index is 1.88. The molecule has 0 radical (unpaired) electrons. The van der Waals surface area contributed by atoms with Gasteiger partial charge in [0.15, 0.2) is 0 Å². The largest absolute Gasteiger partial charge is 0.330 e. The average molecular weight is 209 g/mol. The van der Waals surface area contributed by atoms with Crippen LogP contribution in [0.15, 0.2) is 0 Å². The topological polar surface area (TPSA) is 26.0 Å². The first-order valence-electron chi connectivity index (χ1n) is 7.12. The summed E-state index contributed by atoms with van der Waals surface area (Å²) < 4.78 is 0. The number of nitrogens with two attached hydrogens (primary N) is 1. The zero-order chi connectivity index (χ0) is 10.5. The minimum atomic E-state index is 0.914. The van der Waals surface area contributed by atoms with Gasteiger partial charge in [-0.1, -0.05) is 57.8 Å². The lowest BCUT2D eigenvalue weighted by molar-refractivity contribution is 0.125. The van der Waals surface area contributed by atoms with Gasteiger partial charge in [0.25, 0.3) is 0 Å². The molecule has 15 heavy (non-hydrogen) atoms. The van der Waals surface area contributed by atoms with Crippen LogP contribution in [-0.4, -0.2) is 6.54 Å². The summed E-state index contributed by atoms with van der Waals surface area (Å²) in [6.45, 7) is 0.914. The molecule has 1 heteroatoms. The standard InChI is InChI=1S/C14H27N/c15-11-10-14(13-8-5-9-13)12-6-3-1-2-4-7-12/h12-14H,1-11,15H2. The molecule has 2 rings (SSSR count). The minimum absolute atomic E-state index is 0.914. The molecule has 0 aromatic rings. The fraction of sp³-hybridized carbons (Fsp3) is 1.00. The van der Waals surface area contributed by atoms with E-state index in [1.54, 1.807) is 0 Å². The summed E-state index contributed by atoms with van der Waals surface area (Å²) in [5.74, 6) is 3.07. The summed E-state index contributed by atoms with van der Waals surface area (Å²) in [6, 6.07) is 0. The van der Waals surface area contributed by atoms with E-state index in [1.165, 1.54) is 64.2 Å². The molecule has 0 spiro atoms. The third-order valence-corrected chi connectivity index (χ3v) is 4.76. The number of hydrogen-bond donors (Lipinski definition) is 1. The summed E-state index contributed by atoms with van der Waals surface area (Å²) in [5, 5.41) is 0. The van der Waals surface area contributed by atoms with Crippen molar-refractivity contribution in [1.29, 1.82) is 0 Å². The Hall–Kier alpha value is -0.0400. The molecule has 0 saturated heterocycles. The van der Waals surface area contributed by atoms with E-state index < -0.39 is 0 Å². The van der Waals surface area contributed by atoms with Crippen molar-refractivity contribution < 1.29 is 0 Å². The summed E-state index contributed by atoms with van der Waals surface area (Å²) in [6.07, 6.45) is 14.7. The van der Waals surface area contributed by atoms with E-state index in [0.717, 1.165) is 24.3 Å². The van der Waals surface area contributed by atoms with Crippen molar-refractivity contribution >= 4 is 0 Å². The van der Waals surface area contributed by atoms with Gasteiger partial charge in [0, 0.05) is 0 Å². The Morgan fingerprint density at radius 2 is 1.33 bits per heavy atom. The van der Waals surface area contributed by atoms with Crippen molar-refractivity contribution in [2.24, 2.45) is 23.5 Å². The van der Waals surface area contributed by atoms with Gasteiger partial charge < -0.3 is 5.73 Å². The molecule has 0 aromatic carbocycles. The van der Waals surface area contributed by atoms with Crippen LogP contribution < -0.4 is 5.73 Å². The summed E-state index contributed by atoms with van der Waals surface area (Å²) >= 11 is 0. The molecule has 2 aliphatic carbocycles. The molecule has 1 atom stereocenters. The molecule has 0 aromatic heterocycles. The zero-order valence-electron chi connectivity index (χ0n) is 10.1. The summed E-state index contributed by atoms with van der Waals surface area (Å²) in [4.78, 5) is 0. The van der Waals surface area contributed by atoms with Gasteiger partial charge in [0.05, 0.1) is 0 Å². The van der Waals surface area contributed by atoms with Gasteiger partial charge in [0.2, 0.25) is 0 Å². The average Bonchev–Trinajstić information content (AvgIpc) is 2.42. The molecule has 0 amide bonds. The molecular weight excluding hydrogens is 182 g/mol. The van der Waals surface area contributed by atoms with Gasteiger partial charge in [-0.25, -0.2) is 0 Å². The minimum Gasteiger partial charge on any atom is -0.330 e. The van der Waals surface area contributed by atoms with Gasteiger partial charge in [-0.3, -0.25) is 0 Å². The van der Waals surface area contributed by atoms with Gasteiger partial charge >= 0.3 is 0 Å². The highest BCUT2D eigenvalue weighted by molar-refractivity contribution is 4.83. The molecule has 2 aliphatic rings. The lowest BCUT2D eigenvalue weighted by atomic mass is 9.67. The van der Waals surface area contributed by atoms with Gasteiger partial charge in [-0.05, 0) is 30.7 Å². The van der Waals surface area contributed by atoms with Crippen molar-refractivity contribution in [2.75, 3.05) is 6.54 Å². The highest BCUT2D eigenvalue weighted by Gasteiger charge is 2.32. The maximum absolute atomic E-state index is 5.79. The SMILES string of the molecule is NCCC(C1CCCCCC1)C1CCC1. The fourth-order valence-corrected chi connectivity index (χ4v) is 3.66. The molecule has 88 valence electrons. The summed E-state index contributed by atoms with van der Waals surface area (Å²) in [5.41, 5.74) is 5.79. The summed E-state index contributed by atoms with van der Waals surface area (Å²) in [7, 11) is 0. The molecule has 1 unspecified atom stereocenters. The van der Waals surface area contributed by atoms with Crippen LogP contribution in [0.1, 0.15) is 64.2 Å². The van der Waals surface area contributed by atoms with Gasteiger partial charge in [-0.2, -0.15) is 0 Å². The first-order chi connectivity index (χ1) is 7.42. The zero-order valence-corrected chi connectivity index (χ0v) is 10.1. The normalized spacial score (nSPS) is 27.0. The lowest BCUT2D eigenvalue weighted by Gasteiger charge is -2.38. The van der Waals surface area contributed by atoms with Crippen molar-refractivity contribution in [1.82, 2.24) is 0 Å². The van der Waals surface area contributed by atoms with Crippen LogP contribution in [0.5, 0.6) is 0 Å². The first-order valence-corrected chi connectivity index (χ1v) is 7.12. The quantitative estimate of drug-likeness (QED) is 0.702. The van der Waals surface area contributed by atoms with Crippen molar-refractivity contribution in [3.05, 3.63) is 0 Å². The van der Waals surface area contributed by atoms with Crippen molar-refractivity contribution in [3.63, 3.8) is 0 Å². The molecule has 0 heterocycles. The van der Waals surface area contributed by atoms with Gasteiger partial charge in [-0.15, -0.1) is 0 Å². The van der Waals surface area contributed by atoms with E-state index in [-0.39, 0.29) is 0 Å². The van der Waals surface area contributed by atoms with E-state index >= 15 is 0 Å². The maximum atomic E-state index is 5.79. The van der Waals surface area contributed by atoms with E-state index in [9.17, 15) is 0 Å². The Kier molecular flexibility index (Phi) is 4.49. The van der Waals surface area contributed by atoms with Crippen LogP contribution in [-0.2, 0) is 0 Å². The van der Waals surface area contributed by atoms with E-state index in [0.29, 0.717) is 0 Å². The van der Waals surface area contributed by atoms with E-state index in [2.05, 4.69) is 0 Å². The smallest absolute Gasteiger partial charge is 0.00744 e. The lowest BCUT2D eigenvalue weighted by Crippen LogP contribution is -2.30. The Labute approximate surface area is 94.8 Å².